The van der Waals surface area contributed by atoms with Crippen LogP contribution in [0.2, 0.25) is 0 Å². The zero-order valence-electron chi connectivity index (χ0n) is 12.1. The van der Waals surface area contributed by atoms with E-state index in [1.165, 1.54) is 37.7 Å². The highest BCUT2D eigenvalue weighted by atomic mass is 16.5. The van der Waals surface area contributed by atoms with Gasteiger partial charge in [-0.2, -0.15) is 0 Å². The van der Waals surface area contributed by atoms with Crippen LogP contribution in [0.3, 0.4) is 0 Å². The molecule has 0 saturated heterocycles. The smallest absolute Gasteiger partial charge is 0.119 e. The minimum atomic E-state index is 0.689. The Labute approximate surface area is 117 Å². The van der Waals surface area contributed by atoms with E-state index in [4.69, 9.17) is 9.47 Å². The molecule has 19 heavy (non-hydrogen) atoms. The zero-order valence-corrected chi connectivity index (χ0v) is 12.1. The Morgan fingerprint density at radius 3 is 2.79 bits per heavy atom. The summed E-state index contributed by atoms with van der Waals surface area (Å²) in [5.41, 5.74) is 1.20. The first-order valence-electron chi connectivity index (χ1n) is 7.68. The van der Waals surface area contributed by atoms with Gasteiger partial charge in [0.25, 0.3) is 0 Å². The monoisotopic (exact) mass is 262 g/mol. The summed E-state index contributed by atoms with van der Waals surface area (Å²) in [4.78, 5) is 0. The third-order valence-electron chi connectivity index (χ3n) is 3.73. The first-order valence-corrected chi connectivity index (χ1v) is 7.68. The van der Waals surface area contributed by atoms with E-state index in [0.717, 1.165) is 31.3 Å². The van der Waals surface area contributed by atoms with Gasteiger partial charge in [-0.05, 0) is 42.9 Å². The normalized spacial score (nSPS) is 16.5. The first-order chi connectivity index (χ1) is 9.38. The fraction of sp³-hybridized carbons (Fsp3) is 0.647. The Balaban J connectivity index is 1.77. The molecule has 1 aromatic carbocycles. The van der Waals surface area contributed by atoms with E-state index >= 15 is 0 Å². The van der Waals surface area contributed by atoms with E-state index in [0.29, 0.717) is 6.61 Å². The third-order valence-corrected chi connectivity index (χ3v) is 3.73. The number of ether oxygens (including phenoxy) is 2. The summed E-state index contributed by atoms with van der Waals surface area (Å²) in [6.45, 7) is 4.52. The SMILES string of the molecule is CCCOCc1cccc(OCC2CCCCC2)c1. The maximum absolute atomic E-state index is 5.94. The second kappa shape index (κ2) is 8.21. The molecule has 1 saturated carbocycles. The molecule has 2 heteroatoms. The molecule has 2 nitrogen and oxygen atoms in total. The standard InChI is InChI=1S/C17H26O2/c1-2-11-18-13-16-9-6-10-17(12-16)19-14-15-7-4-3-5-8-15/h6,9-10,12,15H,2-5,7-8,11,13-14H2,1H3. The number of hydrogen-bond donors (Lipinski definition) is 0. The predicted molar refractivity (Wildman–Crippen MR) is 78.5 cm³/mol. The molecule has 1 aromatic rings. The summed E-state index contributed by atoms with van der Waals surface area (Å²) in [6.07, 6.45) is 7.88. The van der Waals surface area contributed by atoms with Crippen LogP contribution in [0.25, 0.3) is 0 Å². The van der Waals surface area contributed by atoms with Crippen molar-refractivity contribution in [3.8, 4) is 5.75 Å². The Morgan fingerprint density at radius 2 is 2.00 bits per heavy atom. The van der Waals surface area contributed by atoms with Crippen LogP contribution in [-0.2, 0) is 11.3 Å². The van der Waals surface area contributed by atoms with Gasteiger partial charge in [0.15, 0.2) is 0 Å². The largest absolute Gasteiger partial charge is 0.493 e. The van der Waals surface area contributed by atoms with Crippen molar-refractivity contribution in [2.45, 2.75) is 52.1 Å². The van der Waals surface area contributed by atoms with Gasteiger partial charge >= 0.3 is 0 Å². The predicted octanol–water partition coefficient (Wildman–Crippen LogP) is 4.57. The highest BCUT2D eigenvalue weighted by Crippen LogP contribution is 2.24. The molecule has 0 bridgehead atoms. The molecule has 1 aliphatic rings. The summed E-state index contributed by atoms with van der Waals surface area (Å²) >= 11 is 0. The van der Waals surface area contributed by atoms with Gasteiger partial charge in [-0.15, -0.1) is 0 Å². The van der Waals surface area contributed by atoms with E-state index in [-0.39, 0.29) is 0 Å². The van der Waals surface area contributed by atoms with E-state index in [2.05, 4.69) is 25.1 Å². The van der Waals surface area contributed by atoms with Crippen LogP contribution in [0.4, 0.5) is 0 Å². The highest BCUT2D eigenvalue weighted by molar-refractivity contribution is 5.28. The van der Waals surface area contributed by atoms with Crippen LogP contribution < -0.4 is 4.74 Å². The topological polar surface area (TPSA) is 18.5 Å². The van der Waals surface area contributed by atoms with Gasteiger partial charge in [0.05, 0.1) is 13.2 Å². The zero-order chi connectivity index (χ0) is 13.3. The van der Waals surface area contributed by atoms with Crippen LogP contribution >= 0.6 is 0 Å². The van der Waals surface area contributed by atoms with Crippen LogP contribution in [0.1, 0.15) is 51.0 Å². The molecule has 1 fully saturated rings. The van der Waals surface area contributed by atoms with Crippen LogP contribution in [-0.4, -0.2) is 13.2 Å². The van der Waals surface area contributed by atoms with Crippen molar-refractivity contribution in [2.75, 3.05) is 13.2 Å². The molecule has 0 aliphatic heterocycles. The molecule has 0 radical (unpaired) electrons. The number of hydrogen-bond acceptors (Lipinski definition) is 2. The Bertz CT molecular complexity index is 356. The lowest BCUT2D eigenvalue weighted by atomic mass is 9.90. The molecule has 106 valence electrons. The Morgan fingerprint density at radius 1 is 1.16 bits per heavy atom. The molecule has 0 aromatic heterocycles. The van der Waals surface area contributed by atoms with Gasteiger partial charge < -0.3 is 9.47 Å². The Hall–Kier alpha value is -1.02. The van der Waals surface area contributed by atoms with Crippen LogP contribution in [0.15, 0.2) is 24.3 Å². The summed E-state index contributed by atoms with van der Waals surface area (Å²) in [6, 6.07) is 8.31. The van der Waals surface area contributed by atoms with Crippen molar-refractivity contribution < 1.29 is 9.47 Å². The highest BCUT2D eigenvalue weighted by Gasteiger charge is 2.13. The van der Waals surface area contributed by atoms with Crippen molar-refractivity contribution in [1.29, 1.82) is 0 Å². The molecule has 0 unspecified atom stereocenters. The van der Waals surface area contributed by atoms with Crippen molar-refractivity contribution in [3.05, 3.63) is 29.8 Å². The summed E-state index contributed by atoms with van der Waals surface area (Å²) in [5.74, 6) is 1.75. The summed E-state index contributed by atoms with van der Waals surface area (Å²) in [5, 5.41) is 0. The lowest BCUT2D eigenvalue weighted by Crippen LogP contribution is -2.15. The molecule has 2 rings (SSSR count). The minimum absolute atomic E-state index is 0.689. The van der Waals surface area contributed by atoms with E-state index in [1.807, 2.05) is 6.07 Å². The molecular formula is C17H26O2. The number of benzene rings is 1. The van der Waals surface area contributed by atoms with Gasteiger partial charge in [-0.3, -0.25) is 0 Å². The molecule has 1 aliphatic carbocycles. The molecular weight excluding hydrogens is 236 g/mol. The molecule has 0 N–H and O–H groups in total. The summed E-state index contributed by atoms with van der Waals surface area (Å²) < 4.78 is 11.5. The third kappa shape index (κ3) is 5.23. The van der Waals surface area contributed by atoms with Gasteiger partial charge in [0.1, 0.15) is 5.75 Å². The maximum Gasteiger partial charge on any atom is 0.119 e. The lowest BCUT2D eigenvalue weighted by Gasteiger charge is -2.21. The van der Waals surface area contributed by atoms with E-state index < -0.39 is 0 Å². The fourth-order valence-electron chi connectivity index (χ4n) is 2.63. The lowest BCUT2D eigenvalue weighted by molar-refractivity contribution is 0.121. The van der Waals surface area contributed by atoms with Crippen LogP contribution in [0.5, 0.6) is 5.75 Å². The fourth-order valence-corrected chi connectivity index (χ4v) is 2.63. The van der Waals surface area contributed by atoms with Crippen molar-refractivity contribution >= 4 is 0 Å². The first kappa shape index (κ1) is 14.4. The molecule has 0 atom stereocenters. The van der Waals surface area contributed by atoms with Crippen molar-refractivity contribution in [2.24, 2.45) is 5.92 Å². The minimum Gasteiger partial charge on any atom is -0.493 e. The molecule has 0 spiro atoms. The van der Waals surface area contributed by atoms with E-state index in [1.54, 1.807) is 0 Å². The Kier molecular flexibility index (Phi) is 6.22. The van der Waals surface area contributed by atoms with Crippen molar-refractivity contribution in [3.63, 3.8) is 0 Å². The van der Waals surface area contributed by atoms with Gasteiger partial charge in [-0.25, -0.2) is 0 Å². The van der Waals surface area contributed by atoms with E-state index in [9.17, 15) is 0 Å². The molecule has 0 heterocycles. The molecule has 0 amide bonds. The average molecular weight is 262 g/mol. The maximum atomic E-state index is 5.94. The van der Waals surface area contributed by atoms with Crippen LogP contribution in [0, 0.1) is 5.92 Å². The van der Waals surface area contributed by atoms with Gasteiger partial charge in [-0.1, -0.05) is 38.3 Å². The van der Waals surface area contributed by atoms with Gasteiger partial charge in [0.2, 0.25) is 0 Å². The van der Waals surface area contributed by atoms with Gasteiger partial charge in [0, 0.05) is 6.61 Å². The average Bonchev–Trinajstić information content (AvgIpc) is 2.47. The summed E-state index contributed by atoms with van der Waals surface area (Å²) in [7, 11) is 0. The quantitative estimate of drug-likeness (QED) is 0.670. The second-order valence-corrected chi connectivity index (χ2v) is 5.52. The van der Waals surface area contributed by atoms with Crippen molar-refractivity contribution in [1.82, 2.24) is 0 Å². The second-order valence-electron chi connectivity index (χ2n) is 5.52. The number of rotatable bonds is 7.